The maximum Gasteiger partial charge on any atom is 0.253 e. The zero-order valence-corrected chi connectivity index (χ0v) is 16.5. The molecule has 1 aliphatic rings. The number of nitrogens with zero attached hydrogens (tertiary/aromatic N) is 2. The summed E-state index contributed by atoms with van der Waals surface area (Å²) in [7, 11) is 0. The maximum absolute atomic E-state index is 13.0. The lowest BCUT2D eigenvalue weighted by Gasteiger charge is -2.35. The van der Waals surface area contributed by atoms with Gasteiger partial charge in [-0.05, 0) is 42.3 Å². The third-order valence-corrected chi connectivity index (χ3v) is 5.34. The third-order valence-electron chi connectivity index (χ3n) is 5.34. The Morgan fingerprint density at radius 2 is 1.14 bits per heavy atom. The van der Waals surface area contributed by atoms with Crippen LogP contribution in [-0.4, -0.2) is 47.8 Å². The van der Waals surface area contributed by atoms with Crippen molar-refractivity contribution in [3.63, 3.8) is 0 Å². The molecule has 0 spiro atoms. The molecular weight excluding hydrogens is 360 g/mol. The fourth-order valence-electron chi connectivity index (χ4n) is 3.72. The van der Waals surface area contributed by atoms with Crippen LogP contribution in [0.4, 0.5) is 0 Å². The van der Waals surface area contributed by atoms with E-state index in [1.54, 1.807) is 0 Å². The Morgan fingerprint density at radius 3 is 1.72 bits per heavy atom. The van der Waals surface area contributed by atoms with Crippen LogP contribution >= 0.6 is 0 Å². The second kappa shape index (κ2) is 8.31. The molecular formula is C25H24N2O2. The predicted molar refractivity (Wildman–Crippen MR) is 115 cm³/mol. The monoisotopic (exact) mass is 384 g/mol. The molecule has 0 N–H and O–H groups in total. The second-order valence-corrected chi connectivity index (χ2v) is 7.40. The van der Waals surface area contributed by atoms with E-state index in [-0.39, 0.29) is 11.8 Å². The molecule has 3 aromatic rings. The number of hydrogen-bond donors (Lipinski definition) is 0. The van der Waals surface area contributed by atoms with E-state index in [0.29, 0.717) is 37.3 Å². The normalized spacial score (nSPS) is 14.0. The van der Waals surface area contributed by atoms with Gasteiger partial charge in [-0.25, -0.2) is 0 Å². The van der Waals surface area contributed by atoms with E-state index >= 15 is 0 Å². The SMILES string of the molecule is Cc1cccc(C(=O)N2CCN(C(=O)c3cccc(-c4ccccc4)c3)CC2)c1. The van der Waals surface area contributed by atoms with Gasteiger partial charge in [-0.1, -0.05) is 60.2 Å². The smallest absolute Gasteiger partial charge is 0.253 e. The minimum Gasteiger partial charge on any atom is -0.335 e. The highest BCUT2D eigenvalue weighted by Gasteiger charge is 2.25. The lowest BCUT2D eigenvalue weighted by molar-refractivity contribution is 0.0535. The number of rotatable bonds is 3. The molecule has 0 aliphatic carbocycles. The number of benzene rings is 3. The fraction of sp³-hybridized carbons (Fsp3) is 0.200. The van der Waals surface area contributed by atoms with Gasteiger partial charge >= 0.3 is 0 Å². The molecule has 4 rings (SSSR count). The van der Waals surface area contributed by atoms with Gasteiger partial charge in [0.25, 0.3) is 11.8 Å². The number of carbonyl (C=O) groups is 2. The van der Waals surface area contributed by atoms with Crippen molar-refractivity contribution in [3.05, 3.63) is 95.6 Å². The molecule has 1 fully saturated rings. The van der Waals surface area contributed by atoms with Crippen molar-refractivity contribution in [2.45, 2.75) is 6.92 Å². The Labute approximate surface area is 171 Å². The quantitative estimate of drug-likeness (QED) is 0.677. The van der Waals surface area contributed by atoms with Crippen molar-refractivity contribution < 1.29 is 9.59 Å². The van der Waals surface area contributed by atoms with Crippen LogP contribution in [0.25, 0.3) is 11.1 Å². The van der Waals surface area contributed by atoms with Crippen LogP contribution in [0.15, 0.2) is 78.9 Å². The fourth-order valence-corrected chi connectivity index (χ4v) is 3.72. The number of amides is 2. The first-order valence-corrected chi connectivity index (χ1v) is 9.92. The molecule has 1 aliphatic heterocycles. The van der Waals surface area contributed by atoms with E-state index in [1.807, 2.05) is 95.6 Å². The summed E-state index contributed by atoms with van der Waals surface area (Å²) in [6.45, 7) is 4.18. The first kappa shape index (κ1) is 18.9. The zero-order valence-electron chi connectivity index (χ0n) is 16.5. The first-order chi connectivity index (χ1) is 14.1. The van der Waals surface area contributed by atoms with Gasteiger partial charge in [0.2, 0.25) is 0 Å². The van der Waals surface area contributed by atoms with Gasteiger partial charge < -0.3 is 9.80 Å². The van der Waals surface area contributed by atoms with Crippen LogP contribution in [0.2, 0.25) is 0 Å². The number of piperazine rings is 1. The molecule has 29 heavy (non-hydrogen) atoms. The van der Waals surface area contributed by atoms with E-state index in [9.17, 15) is 9.59 Å². The number of carbonyl (C=O) groups excluding carboxylic acids is 2. The number of aryl methyl sites for hydroxylation is 1. The van der Waals surface area contributed by atoms with Gasteiger partial charge in [0.15, 0.2) is 0 Å². The van der Waals surface area contributed by atoms with Gasteiger partial charge in [-0.15, -0.1) is 0 Å². The standard InChI is InChI=1S/C25H24N2O2/c1-19-7-5-11-22(17-19)24(28)26-13-15-27(16-14-26)25(29)23-12-6-10-21(18-23)20-8-3-2-4-9-20/h2-12,17-18H,13-16H2,1H3. The highest BCUT2D eigenvalue weighted by molar-refractivity contribution is 5.96. The lowest BCUT2D eigenvalue weighted by atomic mass is 10.0. The van der Waals surface area contributed by atoms with Crippen LogP contribution in [-0.2, 0) is 0 Å². The Bertz CT molecular complexity index is 1020. The highest BCUT2D eigenvalue weighted by atomic mass is 16.2. The molecule has 0 saturated carbocycles. The molecule has 0 atom stereocenters. The topological polar surface area (TPSA) is 40.6 Å². The Hall–Kier alpha value is -3.40. The van der Waals surface area contributed by atoms with E-state index < -0.39 is 0 Å². The van der Waals surface area contributed by atoms with E-state index in [0.717, 1.165) is 16.7 Å². The van der Waals surface area contributed by atoms with Crippen molar-refractivity contribution in [3.8, 4) is 11.1 Å². The Kier molecular flexibility index (Phi) is 5.43. The van der Waals surface area contributed by atoms with Crippen LogP contribution in [0.5, 0.6) is 0 Å². The summed E-state index contributed by atoms with van der Waals surface area (Å²) in [4.78, 5) is 29.4. The summed E-state index contributed by atoms with van der Waals surface area (Å²) >= 11 is 0. The summed E-state index contributed by atoms with van der Waals surface area (Å²) in [5, 5.41) is 0. The summed E-state index contributed by atoms with van der Waals surface area (Å²) in [6.07, 6.45) is 0. The summed E-state index contributed by atoms with van der Waals surface area (Å²) < 4.78 is 0. The van der Waals surface area contributed by atoms with Crippen molar-refractivity contribution in [1.29, 1.82) is 0 Å². The van der Waals surface area contributed by atoms with Gasteiger partial charge in [0.1, 0.15) is 0 Å². The van der Waals surface area contributed by atoms with Crippen molar-refractivity contribution in [2.24, 2.45) is 0 Å². The largest absolute Gasteiger partial charge is 0.335 e. The average Bonchev–Trinajstić information content (AvgIpc) is 2.79. The highest BCUT2D eigenvalue weighted by Crippen LogP contribution is 2.21. The molecule has 1 heterocycles. The molecule has 3 aromatic carbocycles. The van der Waals surface area contributed by atoms with Crippen LogP contribution in [0, 0.1) is 6.92 Å². The average molecular weight is 384 g/mol. The summed E-state index contributed by atoms with van der Waals surface area (Å²) in [5.74, 6) is 0.0531. The Balaban J connectivity index is 1.42. The van der Waals surface area contributed by atoms with Gasteiger partial charge in [-0.3, -0.25) is 9.59 Å². The van der Waals surface area contributed by atoms with Crippen molar-refractivity contribution >= 4 is 11.8 Å². The first-order valence-electron chi connectivity index (χ1n) is 9.92. The predicted octanol–water partition coefficient (Wildman–Crippen LogP) is 4.26. The second-order valence-electron chi connectivity index (χ2n) is 7.40. The molecule has 0 radical (unpaired) electrons. The van der Waals surface area contributed by atoms with Gasteiger partial charge in [0.05, 0.1) is 0 Å². The molecule has 2 amide bonds. The molecule has 1 saturated heterocycles. The Morgan fingerprint density at radius 1 is 0.621 bits per heavy atom. The minimum absolute atomic E-state index is 0.0189. The van der Waals surface area contributed by atoms with Crippen LogP contribution in [0.1, 0.15) is 26.3 Å². The molecule has 0 unspecified atom stereocenters. The molecule has 0 bridgehead atoms. The van der Waals surface area contributed by atoms with Crippen molar-refractivity contribution in [1.82, 2.24) is 9.80 Å². The number of hydrogen-bond acceptors (Lipinski definition) is 2. The minimum atomic E-state index is 0.0189. The van der Waals surface area contributed by atoms with Crippen molar-refractivity contribution in [2.75, 3.05) is 26.2 Å². The molecule has 4 heteroatoms. The molecule has 4 nitrogen and oxygen atoms in total. The summed E-state index contributed by atoms with van der Waals surface area (Å²) in [6, 6.07) is 25.5. The lowest BCUT2D eigenvalue weighted by Crippen LogP contribution is -2.50. The zero-order chi connectivity index (χ0) is 20.2. The van der Waals surface area contributed by atoms with Crippen LogP contribution < -0.4 is 0 Å². The molecule has 146 valence electrons. The maximum atomic E-state index is 13.0. The third kappa shape index (κ3) is 4.21. The van der Waals surface area contributed by atoms with E-state index in [4.69, 9.17) is 0 Å². The van der Waals surface area contributed by atoms with Crippen LogP contribution in [0.3, 0.4) is 0 Å². The van der Waals surface area contributed by atoms with E-state index in [1.165, 1.54) is 0 Å². The van der Waals surface area contributed by atoms with Gasteiger partial charge in [0, 0.05) is 37.3 Å². The van der Waals surface area contributed by atoms with Gasteiger partial charge in [-0.2, -0.15) is 0 Å². The molecule has 0 aromatic heterocycles. The van der Waals surface area contributed by atoms with E-state index in [2.05, 4.69) is 0 Å². The summed E-state index contributed by atoms with van der Waals surface area (Å²) in [5.41, 5.74) is 4.59.